The van der Waals surface area contributed by atoms with Crippen molar-refractivity contribution in [2.75, 3.05) is 160 Å². The molecule has 6 fully saturated rings. The number of carbonyl (C=O) groups is 3. The number of rotatable bonds is 26. The molecule has 6 atom stereocenters. The van der Waals surface area contributed by atoms with Crippen LogP contribution in [0.15, 0.2) is 171 Å². The van der Waals surface area contributed by atoms with Crippen LogP contribution in [-0.4, -0.2) is 315 Å². The Morgan fingerprint density at radius 1 is 0.445 bits per heavy atom. The second-order valence-electron chi connectivity index (χ2n) is 34.6. The number of halogens is 1. The van der Waals surface area contributed by atoms with Gasteiger partial charge in [0, 0.05) is 240 Å². The predicted molar refractivity (Wildman–Crippen MR) is 491 cm³/mol. The number of alkyl halides is 1. The summed E-state index contributed by atoms with van der Waals surface area (Å²) in [6.45, 7) is 19.5. The van der Waals surface area contributed by atoms with Gasteiger partial charge in [0.1, 0.15) is 51.1 Å². The molecule has 3 saturated carbocycles. The summed E-state index contributed by atoms with van der Waals surface area (Å²) >= 11 is -0.0752. The van der Waals surface area contributed by atoms with E-state index in [1.54, 1.807) is 19.7 Å². The van der Waals surface area contributed by atoms with Crippen molar-refractivity contribution in [2.45, 2.75) is 102 Å². The molecule has 128 heavy (non-hydrogen) atoms. The van der Waals surface area contributed by atoms with Crippen molar-refractivity contribution in [2.24, 2.45) is 9.86 Å². The fourth-order valence-electron chi connectivity index (χ4n) is 17.4. The van der Waals surface area contributed by atoms with E-state index in [9.17, 15) is 29.7 Å². The average Bonchev–Trinajstić information content (AvgIpc) is 1.61. The number of amides is 2. The van der Waals surface area contributed by atoms with Crippen molar-refractivity contribution in [1.29, 1.82) is 0 Å². The third kappa shape index (κ3) is 19.7. The molecule has 0 spiro atoms. The summed E-state index contributed by atoms with van der Waals surface area (Å²) in [4.78, 5) is 86.2. The van der Waals surface area contributed by atoms with E-state index in [0.29, 0.717) is 65.6 Å². The van der Waals surface area contributed by atoms with Crippen molar-refractivity contribution in [3.8, 4) is 33.8 Å². The second-order valence-corrected chi connectivity index (χ2v) is 36.3. The summed E-state index contributed by atoms with van der Waals surface area (Å²) in [5.74, 6) is 1.27. The zero-order valence-corrected chi connectivity index (χ0v) is 75.6. The number of fused-ring (bicyclic) bond motifs is 6. The van der Waals surface area contributed by atoms with Gasteiger partial charge in [-0.15, -0.1) is 0 Å². The summed E-state index contributed by atoms with van der Waals surface area (Å²) < 4.78 is 18.1. The number of aliphatic hydroxyl groups is 3. The summed E-state index contributed by atoms with van der Waals surface area (Å²) in [6, 6.07) is 38.0. The number of piperazine rings is 3. The molecule has 2 unspecified atom stereocenters. The van der Waals surface area contributed by atoms with Gasteiger partial charge in [-0.2, -0.15) is 28.8 Å². The summed E-state index contributed by atoms with van der Waals surface area (Å²) in [5, 5.41) is 64.4. The number of likely N-dealkylation sites (N-methyl/N-ethyl adjacent to an activating group) is 3. The Morgan fingerprint density at radius 3 is 1.15 bits per heavy atom. The maximum atomic E-state index is 13.4. The molecule has 0 bridgehead atoms. The normalized spacial score (nSPS) is 19.5. The maximum absolute atomic E-state index is 13.4. The van der Waals surface area contributed by atoms with E-state index < -0.39 is 18.2 Å². The number of aromatic nitrogens is 15. The molecule has 672 valence electrons. The number of aliphatic hydroxyl groups excluding tert-OH is 3. The third-order valence-corrected chi connectivity index (χ3v) is 27.6. The molecule has 20 rings (SSSR count). The number of carboxylic acids is 1. The summed E-state index contributed by atoms with van der Waals surface area (Å²) in [7, 11) is 12.3. The van der Waals surface area contributed by atoms with Crippen LogP contribution in [-0.2, 0) is 32.7 Å². The molecule has 3 aliphatic carbocycles. The average molecular weight is 1850 g/mol. The molecule has 34 nitrogen and oxygen atoms in total. The standard InChI is InChI=1S/C33H39N9O2.C29H32N8O2.C26H33N9O2.C5H11INO/c1-38-13-15-40(16-14-38)17-18-41-22-26(24-9-6-12-34-31(24)41)28-19-30(39(2)21-23-7-4-3-5-8-23)42-32(36-28)25(20-35-42)33(44)37-27-10-11-29(27)43;1-33-11-13-35(14-12-33)15-16-36-20-24(22-9-6-10-30-27(22)36)25-17-26(34(2)19-21-7-4-3-5-8-21)37-28(32-25)23(18-31-37)29(38)39;1-27-23-14-21(30-25-18(15-29-35(23)25)26(37)31-20-5-6-22(20)36)19-16-34(24-17(19)4-3-7-28-24)13-12-33-10-8-32(2)9-11-33;7-6-3-4-1-2-5(4)8/h3-9,12,19-20,22,27,29,43H,10-11,13-18,21H2,1-2H3,(H,37,44);3-10,17-18,20H,11-16,19H2,1-2H3,(H,38,39);3-4,7,14-16,20,22,27,36H,5-6,8-13H2,1-2H3,(H,31,37);4-5,8H,1-3,7H2/q;;;-1/t27?,29-;;20?,22-;4-,5-/m1.11/s1. The number of hydrogen-bond donors (Lipinski definition) is 8. The molecule has 2 amide bonds. The molecule has 12 aromatic heterocycles. The number of pyridine rings is 3. The van der Waals surface area contributed by atoms with Gasteiger partial charge in [0.05, 0.1) is 60.0 Å². The van der Waals surface area contributed by atoms with E-state index >= 15 is 0 Å². The number of nitrogens with zero attached hydrogens (tertiary/aromatic N) is 23. The van der Waals surface area contributed by atoms with Crippen molar-refractivity contribution >= 4 is 85.3 Å². The second kappa shape index (κ2) is 40.0. The first-order chi connectivity index (χ1) is 62.3. The van der Waals surface area contributed by atoms with E-state index in [1.165, 1.54) is 18.8 Å². The van der Waals surface area contributed by atoms with Gasteiger partial charge in [0.15, 0.2) is 16.9 Å². The van der Waals surface area contributed by atoms with Crippen molar-refractivity contribution in [3.63, 3.8) is 0 Å². The van der Waals surface area contributed by atoms with Gasteiger partial charge < -0.3 is 69.5 Å². The molecule has 35 heteroatoms. The van der Waals surface area contributed by atoms with E-state index in [-0.39, 0.29) is 57.0 Å². The van der Waals surface area contributed by atoms with E-state index in [1.807, 2.05) is 113 Å². The number of aromatic carboxylic acids is 1. The number of benzene rings is 2. The minimum atomic E-state index is -1.05. The van der Waals surface area contributed by atoms with Gasteiger partial charge in [-0.05, 0) is 94.4 Å². The van der Waals surface area contributed by atoms with Crippen LogP contribution in [0.2, 0.25) is 0 Å². The van der Waals surface area contributed by atoms with Gasteiger partial charge in [-0.1, -0.05) is 60.7 Å². The molecular weight excluding hydrogens is 1730 g/mol. The van der Waals surface area contributed by atoms with Crippen molar-refractivity contribution in [3.05, 3.63) is 199 Å². The van der Waals surface area contributed by atoms with E-state index in [4.69, 9.17) is 34.0 Å². The zero-order chi connectivity index (χ0) is 88.6. The molecule has 2 aromatic carbocycles. The molecule has 3 saturated heterocycles. The van der Waals surface area contributed by atoms with Crippen molar-refractivity contribution in [1.82, 2.24) is 112 Å². The van der Waals surface area contributed by atoms with Crippen LogP contribution in [0.1, 0.15) is 80.7 Å². The Morgan fingerprint density at radius 2 is 0.812 bits per heavy atom. The summed E-state index contributed by atoms with van der Waals surface area (Å²) in [5.41, 5.74) is 12.2. The molecule has 3 aliphatic heterocycles. The van der Waals surface area contributed by atoms with Gasteiger partial charge in [-0.25, -0.2) is 34.7 Å². The number of carboxylic acid groups (broad SMARTS) is 1. The topological polar surface area (TPSA) is 364 Å². The summed E-state index contributed by atoms with van der Waals surface area (Å²) in [6.07, 6.45) is 20.5. The molecule has 14 aromatic rings. The van der Waals surface area contributed by atoms with Crippen LogP contribution in [0.4, 0.5) is 17.5 Å². The molecule has 6 aliphatic rings. The third-order valence-electron chi connectivity index (χ3n) is 25.9. The number of nitrogens with two attached hydrogens (primary N) is 1. The van der Waals surface area contributed by atoms with Gasteiger partial charge in [0.25, 0.3) is 11.8 Å². The van der Waals surface area contributed by atoms with Gasteiger partial charge >= 0.3 is 65.8 Å². The number of nitrogens with one attached hydrogen (secondary N) is 3. The predicted octanol–water partition coefficient (Wildman–Crippen LogP) is 4.22. The Kier molecular flexibility index (Phi) is 27.7. The van der Waals surface area contributed by atoms with Crippen LogP contribution in [0.3, 0.4) is 0 Å². The molecule has 0 radical (unpaired) electrons. The molecule has 15 heterocycles. The Hall–Kier alpha value is -11.5. The zero-order valence-electron chi connectivity index (χ0n) is 73.5. The monoisotopic (exact) mass is 1850 g/mol. The Balaban J connectivity index is 0.000000129. The number of carbonyl (C=O) groups excluding carboxylic acids is 2. The number of hydrogen-bond acceptors (Lipinski definition) is 25. The van der Waals surface area contributed by atoms with Crippen LogP contribution in [0.5, 0.6) is 0 Å². The van der Waals surface area contributed by atoms with E-state index in [0.717, 1.165) is 231 Å². The first-order valence-corrected chi connectivity index (χ1v) is 47.1. The van der Waals surface area contributed by atoms with Gasteiger partial charge in [-0.3, -0.25) is 24.3 Å². The Bertz CT molecular complexity index is 6190. The Labute approximate surface area is 753 Å². The van der Waals surface area contributed by atoms with Crippen LogP contribution < -0.4 is 51.2 Å². The SMILES string of the molecule is CN1CCN(CCn2cc(-c3cc(N(C)Cc4ccccc4)n4ncc(C(=O)NC5CC[C@H]5O)c4n3)c3cccnc32)CC1.CN1CCN(CCn2cc(-c3cc(N(C)Cc4ccccc4)n4ncc(C(=O)O)c4n3)c3cccnc32)CC1.CNc1cc(-c2cn(CCN3CCN(C)CC3)c3ncccc23)nc2c(C(=O)NC3CC[C@H]3O)cnn12.N[I-]C[C@H]1CC[C@H]1O. The first-order valence-electron chi connectivity index (χ1n) is 44.3. The fourth-order valence-corrected chi connectivity index (χ4v) is 19.1. The number of anilines is 3. The molecule has 9 N–H and O–H groups in total. The quantitative estimate of drug-likeness (QED) is 0.0214. The van der Waals surface area contributed by atoms with Crippen LogP contribution in [0.25, 0.3) is 83.8 Å². The first kappa shape index (κ1) is 88.5. The fraction of sp³-hybridized carbons (Fsp3) is 0.419. The minimum absolute atomic E-state index is 0.00162. The van der Waals surface area contributed by atoms with Crippen LogP contribution >= 0.6 is 0 Å². The van der Waals surface area contributed by atoms with Crippen LogP contribution in [0, 0.1) is 5.92 Å². The van der Waals surface area contributed by atoms with Crippen molar-refractivity contribution < 1.29 is 56.3 Å². The molecular formula is C93H115IN27O7-. The van der Waals surface area contributed by atoms with Gasteiger partial charge in [0.2, 0.25) is 0 Å². The van der Waals surface area contributed by atoms with E-state index in [2.05, 4.69) is 171 Å².